The van der Waals surface area contributed by atoms with E-state index in [2.05, 4.69) is 68.5 Å². The Morgan fingerprint density at radius 2 is 1.59 bits per heavy atom. The Morgan fingerprint density at radius 1 is 0.941 bits per heavy atom. The maximum absolute atomic E-state index is 2.22. The topological polar surface area (TPSA) is 0 Å². The molecule has 0 spiro atoms. The number of hydrogen-bond acceptors (Lipinski definition) is 1. The lowest BCUT2D eigenvalue weighted by atomic mass is 10.1. The zero-order chi connectivity index (χ0) is 12.1. The van der Waals surface area contributed by atoms with Crippen LogP contribution in [0.15, 0.2) is 64.4 Å². The van der Waals surface area contributed by atoms with Crippen molar-refractivity contribution >= 4 is 17.8 Å². The first-order chi connectivity index (χ1) is 8.24. The molecule has 2 rings (SSSR count). The van der Waals surface area contributed by atoms with Crippen LogP contribution in [-0.2, 0) is 0 Å². The normalized spacial score (nSPS) is 11.5. The fraction of sp³-hybridized carbons (Fsp3) is 0.125. The minimum absolute atomic E-state index is 1.26. The first-order valence-corrected chi connectivity index (χ1v) is 6.53. The van der Waals surface area contributed by atoms with E-state index in [1.165, 1.54) is 20.9 Å². The minimum atomic E-state index is 1.26. The van der Waals surface area contributed by atoms with Crippen LogP contribution in [0.5, 0.6) is 0 Å². The molecule has 0 unspecified atom stereocenters. The highest BCUT2D eigenvalue weighted by Crippen LogP contribution is 2.27. The Bertz CT molecular complexity index is 495. The molecule has 0 aromatic heterocycles. The van der Waals surface area contributed by atoms with Gasteiger partial charge in [0.15, 0.2) is 0 Å². The van der Waals surface area contributed by atoms with Crippen molar-refractivity contribution in [3.8, 4) is 0 Å². The van der Waals surface area contributed by atoms with Crippen molar-refractivity contribution in [1.82, 2.24) is 0 Å². The molecule has 0 saturated carbocycles. The summed E-state index contributed by atoms with van der Waals surface area (Å²) in [6, 6.07) is 19.1. The van der Waals surface area contributed by atoms with Crippen LogP contribution < -0.4 is 0 Å². The number of hydrogen-bond donors (Lipinski definition) is 0. The highest BCUT2D eigenvalue weighted by atomic mass is 32.2. The van der Waals surface area contributed by atoms with E-state index in [1.807, 2.05) is 6.07 Å². The third-order valence-corrected chi connectivity index (χ3v) is 3.42. The Hall–Kier alpha value is -1.47. The van der Waals surface area contributed by atoms with Gasteiger partial charge in [0.2, 0.25) is 0 Å². The molecule has 0 aliphatic rings. The van der Waals surface area contributed by atoms with E-state index in [0.717, 1.165) is 0 Å². The summed E-state index contributed by atoms with van der Waals surface area (Å²) < 4.78 is 0. The van der Waals surface area contributed by atoms with E-state index >= 15 is 0 Å². The van der Waals surface area contributed by atoms with Crippen molar-refractivity contribution in [2.24, 2.45) is 0 Å². The lowest BCUT2D eigenvalue weighted by Gasteiger charge is -2.02. The smallest absolute Gasteiger partial charge is 0.0118 e. The zero-order valence-corrected chi connectivity index (χ0v) is 11.0. The van der Waals surface area contributed by atoms with Crippen molar-refractivity contribution in [2.75, 3.05) is 0 Å². The molecule has 2 aromatic carbocycles. The Balaban J connectivity index is 2.09. The summed E-state index contributed by atoms with van der Waals surface area (Å²) in [6.07, 6.45) is 2.22. The van der Waals surface area contributed by atoms with Crippen molar-refractivity contribution in [2.45, 2.75) is 18.7 Å². The molecule has 0 bridgehead atoms. The highest BCUT2D eigenvalue weighted by molar-refractivity contribution is 8.03. The van der Waals surface area contributed by atoms with E-state index < -0.39 is 0 Å². The molecule has 0 aliphatic heterocycles. The quantitative estimate of drug-likeness (QED) is 0.669. The van der Waals surface area contributed by atoms with Crippen LogP contribution in [-0.4, -0.2) is 0 Å². The molecule has 0 aliphatic carbocycles. The van der Waals surface area contributed by atoms with Gasteiger partial charge in [-0.2, -0.15) is 0 Å². The van der Waals surface area contributed by atoms with Gasteiger partial charge in [0.25, 0.3) is 0 Å². The maximum Gasteiger partial charge on any atom is 0.0118 e. The molecule has 0 N–H and O–H groups in total. The zero-order valence-electron chi connectivity index (χ0n) is 10.2. The summed E-state index contributed by atoms with van der Waals surface area (Å²) in [4.78, 5) is 2.59. The number of rotatable bonds is 3. The maximum atomic E-state index is 2.22. The second kappa shape index (κ2) is 5.74. The standard InChI is InChI=1S/C16H16S/c1-13-8-10-15(11-9-13)12-14(2)17-16-6-4-3-5-7-16/h3-12H,1-2H3/b14-12+. The number of aryl methyl sites for hydroxylation is 1. The van der Waals surface area contributed by atoms with Crippen molar-refractivity contribution in [3.05, 3.63) is 70.6 Å². The molecular formula is C16H16S. The van der Waals surface area contributed by atoms with Crippen molar-refractivity contribution < 1.29 is 0 Å². The first-order valence-electron chi connectivity index (χ1n) is 5.72. The predicted molar refractivity (Wildman–Crippen MR) is 77.1 cm³/mol. The molecule has 2 aromatic rings. The van der Waals surface area contributed by atoms with Gasteiger partial charge in [-0.3, -0.25) is 0 Å². The number of allylic oxidation sites excluding steroid dienone is 1. The summed E-state index contributed by atoms with van der Waals surface area (Å²) in [7, 11) is 0. The van der Waals surface area contributed by atoms with Gasteiger partial charge in [-0.1, -0.05) is 59.8 Å². The van der Waals surface area contributed by atoms with Gasteiger partial charge in [-0.25, -0.2) is 0 Å². The summed E-state index contributed by atoms with van der Waals surface area (Å²) >= 11 is 1.80. The van der Waals surface area contributed by atoms with Crippen molar-refractivity contribution in [1.29, 1.82) is 0 Å². The van der Waals surface area contributed by atoms with Gasteiger partial charge in [0.1, 0.15) is 0 Å². The molecule has 1 heteroatoms. The molecule has 17 heavy (non-hydrogen) atoms. The summed E-state index contributed by atoms with van der Waals surface area (Å²) in [5, 5.41) is 0. The van der Waals surface area contributed by atoms with Crippen LogP contribution in [0.3, 0.4) is 0 Å². The molecule has 86 valence electrons. The second-order valence-corrected chi connectivity index (χ2v) is 5.40. The Morgan fingerprint density at radius 3 is 2.24 bits per heavy atom. The van der Waals surface area contributed by atoms with Crippen LogP contribution in [0.4, 0.5) is 0 Å². The third-order valence-electron chi connectivity index (χ3n) is 2.47. The molecule has 0 fully saturated rings. The molecule has 0 atom stereocenters. The fourth-order valence-corrected chi connectivity index (χ4v) is 2.46. The van der Waals surface area contributed by atoms with Gasteiger partial charge in [0.05, 0.1) is 0 Å². The Labute approximate surface area is 107 Å². The molecule has 0 nitrogen and oxygen atoms in total. The van der Waals surface area contributed by atoms with Crippen LogP contribution in [0.2, 0.25) is 0 Å². The van der Waals surface area contributed by atoms with Gasteiger partial charge in [-0.15, -0.1) is 0 Å². The first kappa shape index (κ1) is 12.0. The number of benzene rings is 2. The van der Waals surface area contributed by atoms with Crippen LogP contribution >= 0.6 is 11.8 Å². The van der Waals surface area contributed by atoms with Crippen LogP contribution in [0.1, 0.15) is 18.1 Å². The number of thioether (sulfide) groups is 1. The minimum Gasteiger partial charge on any atom is -0.0948 e. The lowest BCUT2D eigenvalue weighted by molar-refractivity contribution is 1.45. The predicted octanol–water partition coefficient (Wildman–Crippen LogP) is 5.15. The van der Waals surface area contributed by atoms with E-state index in [-0.39, 0.29) is 0 Å². The third kappa shape index (κ3) is 3.79. The SMILES string of the molecule is C/C(=C\c1ccc(C)cc1)Sc1ccccc1. The van der Waals surface area contributed by atoms with Gasteiger partial charge < -0.3 is 0 Å². The monoisotopic (exact) mass is 240 g/mol. The van der Waals surface area contributed by atoms with E-state index in [0.29, 0.717) is 0 Å². The molecule has 0 radical (unpaired) electrons. The highest BCUT2D eigenvalue weighted by Gasteiger charge is 1.95. The molecule has 0 heterocycles. The summed E-state index contributed by atoms with van der Waals surface area (Å²) in [5.41, 5.74) is 2.56. The van der Waals surface area contributed by atoms with Crippen LogP contribution in [0.25, 0.3) is 6.08 Å². The average molecular weight is 240 g/mol. The molecular weight excluding hydrogens is 224 g/mol. The Kier molecular flexibility index (Phi) is 4.05. The summed E-state index contributed by atoms with van der Waals surface area (Å²) in [6.45, 7) is 4.26. The van der Waals surface area contributed by atoms with E-state index in [1.54, 1.807) is 11.8 Å². The fourth-order valence-electron chi connectivity index (χ4n) is 1.60. The second-order valence-electron chi connectivity index (χ2n) is 4.08. The van der Waals surface area contributed by atoms with E-state index in [4.69, 9.17) is 0 Å². The summed E-state index contributed by atoms with van der Waals surface area (Å²) in [5.74, 6) is 0. The molecule has 0 amide bonds. The largest absolute Gasteiger partial charge is 0.0948 e. The average Bonchev–Trinajstić information content (AvgIpc) is 2.33. The van der Waals surface area contributed by atoms with Gasteiger partial charge in [0, 0.05) is 4.90 Å². The van der Waals surface area contributed by atoms with E-state index in [9.17, 15) is 0 Å². The van der Waals surface area contributed by atoms with Gasteiger partial charge >= 0.3 is 0 Å². The van der Waals surface area contributed by atoms with Gasteiger partial charge in [-0.05, 0) is 42.5 Å². The molecule has 0 saturated heterocycles. The lowest BCUT2D eigenvalue weighted by Crippen LogP contribution is -1.76. The van der Waals surface area contributed by atoms with Crippen LogP contribution in [0, 0.1) is 6.92 Å². The van der Waals surface area contributed by atoms with Crippen molar-refractivity contribution in [3.63, 3.8) is 0 Å².